The summed E-state index contributed by atoms with van der Waals surface area (Å²) in [6.07, 6.45) is 0. The summed E-state index contributed by atoms with van der Waals surface area (Å²) in [6.45, 7) is 2.94. The molecule has 0 bridgehead atoms. The van der Waals surface area contributed by atoms with Gasteiger partial charge in [-0.05, 0) is 18.4 Å². The van der Waals surface area contributed by atoms with Crippen LogP contribution in [-0.4, -0.2) is 35.2 Å². The van der Waals surface area contributed by atoms with E-state index in [9.17, 15) is 4.79 Å². The first kappa shape index (κ1) is 12.8. The van der Waals surface area contributed by atoms with Crippen LogP contribution in [0.15, 0.2) is 17.5 Å². The number of carbonyl (C=O) groups is 1. The van der Waals surface area contributed by atoms with Crippen LogP contribution in [-0.2, 0) is 0 Å². The number of halogens is 2. The van der Waals surface area contributed by atoms with E-state index in [-0.39, 0.29) is 11.3 Å². The van der Waals surface area contributed by atoms with Crippen LogP contribution in [0.5, 0.6) is 0 Å². The maximum atomic E-state index is 12.0. The standard InChI is InChI=1S/C10H13Cl2NOS/c1-8(12)7-13(5-4-11)10(14)9-3-2-6-15-9/h2-3,6,8H,4-5,7H2,1H3. The Labute approximate surface area is 104 Å². The second kappa shape index (κ2) is 6.36. The van der Waals surface area contributed by atoms with Gasteiger partial charge in [-0.25, -0.2) is 0 Å². The Morgan fingerprint density at radius 3 is 2.87 bits per heavy atom. The molecule has 0 fully saturated rings. The molecule has 0 spiro atoms. The van der Waals surface area contributed by atoms with Crippen LogP contribution in [0.2, 0.25) is 0 Å². The Morgan fingerprint density at radius 2 is 2.40 bits per heavy atom. The molecular weight excluding hydrogens is 253 g/mol. The third-order valence-electron chi connectivity index (χ3n) is 1.85. The maximum absolute atomic E-state index is 12.0. The van der Waals surface area contributed by atoms with Gasteiger partial charge in [0.25, 0.3) is 5.91 Å². The molecule has 0 N–H and O–H groups in total. The van der Waals surface area contributed by atoms with Gasteiger partial charge in [0, 0.05) is 24.3 Å². The fraction of sp³-hybridized carbons (Fsp3) is 0.500. The number of thiophene rings is 1. The molecule has 1 rings (SSSR count). The molecule has 0 aliphatic rings. The van der Waals surface area contributed by atoms with Crippen LogP contribution >= 0.6 is 34.5 Å². The second-order valence-electron chi connectivity index (χ2n) is 3.20. The number of alkyl halides is 2. The number of hydrogen-bond donors (Lipinski definition) is 0. The van der Waals surface area contributed by atoms with E-state index in [0.29, 0.717) is 19.0 Å². The smallest absolute Gasteiger partial charge is 0.264 e. The summed E-state index contributed by atoms with van der Waals surface area (Å²) in [7, 11) is 0. The van der Waals surface area contributed by atoms with Crippen molar-refractivity contribution >= 4 is 40.4 Å². The third kappa shape index (κ3) is 4.01. The molecule has 1 atom stereocenters. The molecule has 1 heterocycles. The van der Waals surface area contributed by atoms with Crippen LogP contribution < -0.4 is 0 Å². The van der Waals surface area contributed by atoms with Crippen LogP contribution in [0.3, 0.4) is 0 Å². The van der Waals surface area contributed by atoms with Gasteiger partial charge in [-0.3, -0.25) is 4.79 Å². The number of hydrogen-bond acceptors (Lipinski definition) is 2. The molecule has 1 amide bonds. The van der Waals surface area contributed by atoms with Gasteiger partial charge < -0.3 is 4.90 Å². The van der Waals surface area contributed by atoms with Gasteiger partial charge in [0.05, 0.1) is 4.88 Å². The van der Waals surface area contributed by atoms with Crippen molar-refractivity contribution < 1.29 is 4.79 Å². The fourth-order valence-corrected chi connectivity index (χ4v) is 2.30. The third-order valence-corrected chi connectivity index (χ3v) is 3.01. The van der Waals surface area contributed by atoms with E-state index in [2.05, 4.69) is 0 Å². The minimum absolute atomic E-state index is 0.0122. The van der Waals surface area contributed by atoms with Crippen molar-refractivity contribution in [2.24, 2.45) is 0 Å². The summed E-state index contributed by atoms with van der Waals surface area (Å²) in [5.74, 6) is 0.443. The largest absolute Gasteiger partial charge is 0.335 e. The molecule has 1 unspecified atom stereocenters. The van der Waals surface area contributed by atoms with E-state index in [1.165, 1.54) is 11.3 Å². The highest BCUT2D eigenvalue weighted by Gasteiger charge is 2.17. The van der Waals surface area contributed by atoms with Gasteiger partial charge in [-0.1, -0.05) is 6.07 Å². The van der Waals surface area contributed by atoms with E-state index >= 15 is 0 Å². The quantitative estimate of drug-likeness (QED) is 0.750. The summed E-state index contributed by atoms with van der Waals surface area (Å²) < 4.78 is 0. The number of amides is 1. The molecule has 0 saturated carbocycles. The summed E-state index contributed by atoms with van der Waals surface area (Å²) >= 11 is 13.0. The summed E-state index contributed by atoms with van der Waals surface area (Å²) in [5.41, 5.74) is 0. The Bertz CT molecular complexity index is 300. The van der Waals surface area contributed by atoms with Gasteiger partial charge in [0.2, 0.25) is 0 Å². The van der Waals surface area contributed by atoms with Crippen molar-refractivity contribution in [1.82, 2.24) is 4.90 Å². The van der Waals surface area contributed by atoms with Crippen molar-refractivity contribution in [1.29, 1.82) is 0 Å². The highest BCUT2D eigenvalue weighted by Crippen LogP contribution is 2.13. The summed E-state index contributed by atoms with van der Waals surface area (Å²) in [6, 6.07) is 3.67. The monoisotopic (exact) mass is 265 g/mol. The lowest BCUT2D eigenvalue weighted by Crippen LogP contribution is -2.36. The molecule has 0 radical (unpaired) electrons. The Kier molecular flexibility index (Phi) is 5.43. The highest BCUT2D eigenvalue weighted by atomic mass is 35.5. The van der Waals surface area contributed by atoms with E-state index in [4.69, 9.17) is 23.2 Å². The van der Waals surface area contributed by atoms with Gasteiger partial charge >= 0.3 is 0 Å². The van der Waals surface area contributed by atoms with E-state index in [1.54, 1.807) is 4.90 Å². The first-order valence-electron chi connectivity index (χ1n) is 4.68. The van der Waals surface area contributed by atoms with Gasteiger partial charge in [0.1, 0.15) is 0 Å². The SMILES string of the molecule is CC(Cl)CN(CCCl)C(=O)c1cccs1. The average molecular weight is 266 g/mol. The first-order valence-corrected chi connectivity index (χ1v) is 6.53. The Hall–Kier alpha value is -0.250. The van der Waals surface area contributed by atoms with Gasteiger partial charge in [0.15, 0.2) is 0 Å². The Morgan fingerprint density at radius 1 is 1.67 bits per heavy atom. The average Bonchev–Trinajstić information content (AvgIpc) is 2.68. The zero-order valence-corrected chi connectivity index (χ0v) is 10.8. The van der Waals surface area contributed by atoms with Gasteiger partial charge in [-0.2, -0.15) is 0 Å². The molecule has 0 aliphatic heterocycles. The predicted molar refractivity (Wildman–Crippen MR) is 66.3 cm³/mol. The fourth-order valence-electron chi connectivity index (χ4n) is 1.24. The number of nitrogens with zero attached hydrogens (tertiary/aromatic N) is 1. The van der Waals surface area contributed by atoms with E-state index in [0.717, 1.165) is 4.88 Å². The van der Waals surface area contributed by atoms with Crippen molar-refractivity contribution in [3.63, 3.8) is 0 Å². The van der Waals surface area contributed by atoms with Crippen molar-refractivity contribution in [2.75, 3.05) is 19.0 Å². The highest BCUT2D eigenvalue weighted by molar-refractivity contribution is 7.12. The molecule has 2 nitrogen and oxygen atoms in total. The number of carbonyl (C=O) groups excluding carboxylic acids is 1. The van der Waals surface area contributed by atoms with Crippen LogP contribution in [0.4, 0.5) is 0 Å². The molecule has 0 aromatic carbocycles. The first-order chi connectivity index (χ1) is 7.15. The zero-order valence-electron chi connectivity index (χ0n) is 8.45. The van der Waals surface area contributed by atoms with Crippen molar-refractivity contribution in [3.05, 3.63) is 22.4 Å². The molecule has 0 aliphatic carbocycles. The van der Waals surface area contributed by atoms with Crippen LogP contribution in [0.25, 0.3) is 0 Å². The lowest BCUT2D eigenvalue weighted by molar-refractivity contribution is 0.0771. The molecule has 1 aromatic rings. The molecular formula is C10H13Cl2NOS. The van der Waals surface area contributed by atoms with Crippen LogP contribution in [0, 0.1) is 0 Å². The van der Waals surface area contributed by atoms with Gasteiger partial charge in [-0.15, -0.1) is 34.5 Å². The minimum atomic E-state index is -0.0582. The maximum Gasteiger partial charge on any atom is 0.264 e. The second-order valence-corrected chi connectivity index (χ2v) is 5.27. The molecule has 84 valence electrons. The zero-order chi connectivity index (χ0) is 11.3. The molecule has 0 saturated heterocycles. The lowest BCUT2D eigenvalue weighted by Gasteiger charge is -2.22. The minimum Gasteiger partial charge on any atom is -0.335 e. The van der Waals surface area contributed by atoms with Crippen molar-refractivity contribution in [2.45, 2.75) is 12.3 Å². The summed E-state index contributed by atoms with van der Waals surface area (Å²) in [4.78, 5) is 14.4. The summed E-state index contributed by atoms with van der Waals surface area (Å²) in [5, 5.41) is 1.83. The number of rotatable bonds is 5. The van der Waals surface area contributed by atoms with Crippen molar-refractivity contribution in [3.8, 4) is 0 Å². The normalized spacial score (nSPS) is 12.5. The lowest BCUT2D eigenvalue weighted by atomic mass is 10.3. The topological polar surface area (TPSA) is 20.3 Å². The molecule has 15 heavy (non-hydrogen) atoms. The Balaban J connectivity index is 2.67. The molecule has 5 heteroatoms. The van der Waals surface area contributed by atoms with E-state index in [1.807, 2.05) is 24.4 Å². The van der Waals surface area contributed by atoms with E-state index < -0.39 is 0 Å². The molecule has 1 aromatic heterocycles. The van der Waals surface area contributed by atoms with Crippen LogP contribution in [0.1, 0.15) is 16.6 Å². The predicted octanol–water partition coefficient (Wildman–Crippen LogP) is 3.06.